The third-order valence-corrected chi connectivity index (χ3v) is 3.10. The summed E-state index contributed by atoms with van der Waals surface area (Å²) < 4.78 is 5.91. The van der Waals surface area contributed by atoms with E-state index in [2.05, 4.69) is 58.9 Å². The van der Waals surface area contributed by atoms with Gasteiger partial charge in [0.05, 0.1) is 12.2 Å². The molecule has 0 radical (unpaired) electrons. The summed E-state index contributed by atoms with van der Waals surface area (Å²) in [6, 6.07) is 8.85. The van der Waals surface area contributed by atoms with Crippen LogP contribution >= 0.6 is 0 Å². The fourth-order valence-corrected chi connectivity index (χ4v) is 1.92. The maximum Gasteiger partial charge on any atom is 0.0800 e. The zero-order valence-corrected chi connectivity index (χ0v) is 11.9. The van der Waals surface area contributed by atoms with E-state index in [0.29, 0.717) is 6.10 Å². The Hall–Kier alpha value is -0.820. The summed E-state index contributed by atoms with van der Waals surface area (Å²) >= 11 is 0. The van der Waals surface area contributed by atoms with Gasteiger partial charge in [-0.15, -0.1) is 0 Å². The third-order valence-electron chi connectivity index (χ3n) is 3.10. The van der Waals surface area contributed by atoms with E-state index < -0.39 is 0 Å². The molecular weight excluding hydrogens is 208 g/mol. The molecule has 0 unspecified atom stereocenters. The van der Waals surface area contributed by atoms with Crippen LogP contribution in [0.5, 0.6) is 0 Å². The lowest BCUT2D eigenvalue weighted by Crippen LogP contribution is -2.10. The monoisotopic (exact) mass is 234 g/mol. The Morgan fingerprint density at radius 3 is 2.06 bits per heavy atom. The van der Waals surface area contributed by atoms with E-state index in [1.165, 1.54) is 11.1 Å². The van der Waals surface area contributed by atoms with Crippen LogP contribution in [0.1, 0.15) is 58.3 Å². The van der Waals surface area contributed by atoms with Crippen molar-refractivity contribution in [2.24, 2.45) is 5.92 Å². The second-order valence-electron chi connectivity index (χ2n) is 5.34. The summed E-state index contributed by atoms with van der Waals surface area (Å²) in [5, 5.41) is 0. The van der Waals surface area contributed by atoms with Crippen molar-refractivity contribution in [3.05, 3.63) is 35.4 Å². The van der Waals surface area contributed by atoms with E-state index in [4.69, 9.17) is 4.74 Å². The standard InChI is InChI=1S/C16H26O/c1-6-13(4)17-14(5)16-9-7-15(8-10-16)11-12(2)3/h7-10,12-14H,6,11H2,1-5H3/t13-,14+/m1/s1. The van der Waals surface area contributed by atoms with Gasteiger partial charge < -0.3 is 4.74 Å². The average molecular weight is 234 g/mol. The van der Waals surface area contributed by atoms with Gasteiger partial charge >= 0.3 is 0 Å². The minimum absolute atomic E-state index is 0.193. The molecule has 0 amide bonds. The third kappa shape index (κ3) is 4.91. The maximum atomic E-state index is 5.91. The maximum absolute atomic E-state index is 5.91. The van der Waals surface area contributed by atoms with Crippen LogP contribution in [0, 0.1) is 5.92 Å². The van der Waals surface area contributed by atoms with Crippen molar-refractivity contribution in [3.63, 3.8) is 0 Å². The number of ether oxygens (including phenoxy) is 1. The molecular formula is C16H26O. The SMILES string of the molecule is CC[C@@H](C)O[C@@H](C)c1ccc(CC(C)C)cc1. The van der Waals surface area contributed by atoms with Crippen LogP contribution in [0.4, 0.5) is 0 Å². The molecule has 1 aromatic carbocycles. The highest BCUT2D eigenvalue weighted by molar-refractivity contribution is 5.24. The summed E-state index contributed by atoms with van der Waals surface area (Å²) in [5.74, 6) is 0.717. The molecule has 1 aromatic rings. The predicted octanol–water partition coefficient (Wildman–Crippen LogP) is 4.76. The highest BCUT2D eigenvalue weighted by atomic mass is 16.5. The van der Waals surface area contributed by atoms with Crippen LogP contribution in [0.15, 0.2) is 24.3 Å². The van der Waals surface area contributed by atoms with Crippen molar-refractivity contribution < 1.29 is 4.74 Å². The normalized spacial score (nSPS) is 14.9. The molecule has 0 fully saturated rings. The van der Waals surface area contributed by atoms with E-state index >= 15 is 0 Å². The molecule has 1 rings (SSSR count). The largest absolute Gasteiger partial charge is 0.371 e. The molecule has 0 aliphatic heterocycles. The van der Waals surface area contributed by atoms with Gasteiger partial charge in [-0.05, 0) is 43.7 Å². The topological polar surface area (TPSA) is 9.23 Å². The van der Waals surface area contributed by atoms with Crippen LogP contribution in [0.25, 0.3) is 0 Å². The zero-order chi connectivity index (χ0) is 12.8. The molecule has 0 saturated carbocycles. The van der Waals surface area contributed by atoms with Gasteiger partial charge in [-0.1, -0.05) is 45.0 Å². The molecule has 96 valence electrons. The van der Waals surface area contributed by atoms with Crippen LogP contribution in [0.3, 0.4) is 0 Å². The lowest BCUT2D eigenvalue weighted by Gasteiger charge is -2.18. The summed E-state index contributed by atoms with van der Waals surface area (Å²) in [5.41, 5.74) is 2.69. The van der Waals surface area contributed by atoms with Gasteiger partial charge in [0.1, 0.15) is 0 Å². The van der Waals surface area contributed by atoms with Gasteiger partial charge in [-0.25, -0.2) is 0 Å². The van der Waals surface area contributed by atoms with Gasteiger partial charge in [0.2, 0.25) is 0 Å². The first-order valence-corrected chi connectivity index (χ1v) is 6.77. The van der Waals surface area contributed by atoms with Crippen LogP contribution in [-0.4, -0.2) is 6.10 Å². The van der Waals surface area contributed by atoms with Gasteiger partial charge in [-0.3, -0.25) is 0 Å². The first kappa shape index (κ1) is 14.2. The number of hydrogen-bond donors (Lipinski definition) is 0. The van der Waals surface area contributed by atoms with E-state index in [-0.39, 0.29) is 6.10 Å². The Balaban J connectivity index is 2.60. The van der Waals surface area contributed by atoms with Gasteiger partial charge in [0.15, 0.2) is 0 Å². The highest BCUT2D eigenvalue weighted by Crippen LogP contribution is 2.20. The Kier molecular flexibility index (Phi) is 5.70. The molecule has 0 aromatic heterocycles. The van der Waals surface area contributed by atoms with Crippen LogP contribution in [-0.2, 0) is 11.2 Å². The Morgan fingerprint density at radius 2 is 1.59 bits per heavy atom. The fourth-order valence-electron chi connectivity index (χ4n) is 1.92. The molecule has 0 aliphatic rings. The number of rotatable bonds is 6. The summed E-state index contributed by atoms with van der Waals surface area (Å²) in [6.07, 6.45) is 2.75. The molecule has 0 heterocycles. The minimum atomic E-state index is 0.193. The average Bonchev–Trinajstić information content (AvgIpc) is 2.28. The molecule has 0 bridgehead atoms. The van der Waals surface area contributed by atoms with Crippen molar-refractivity contribution in [3.8, 4) is 0 Å². The summed E-state index contributed by atoms with van der Waals surface area (Å²) in [4.78, 5) is 0. The molecule has 2 atom stereocenters. The van der Waals surface area contributed by atoms with Crippen molar-refractivity contribution in [1.29, 1.82) is 0 Å². The molecule has 0 aliphatic carbocycles. The zero-order valence-electron chi connectivity index (χ0n) is 11.9. The lowest BCUT2D eigenvalue weighted by molar-refractivity contribution is 0.00547. The molecule has 1 heteroatoms. The first-order valence-electron chi connectivity index (χ1n) is 6.77. The predicted molar refractivity (Wildman–Crippen MR) is 74.2 cm³/mol. The fraction of sp³-hybridized carbons (Fsp3) is 0.625. The van der Waals surface area contributed by atoms with Crippen molar-refractivity contribution in [1.82, 2.24) is 0 Å². The lowest BCUT2D eigenvalue weighted by atomic mass is 10.0. The number of hydrogen-bond acceptors (Lipinski definition) is 1. The quantitative estimate of drug-likeness (QED) is 0.689. The van der Waals surface area contributed by atoms with Gasteiger partial charge in [0.25, 0.3) is 0 Å². The molecule has 1 nitrogen and oxygen atoms in total. The van der Waals surface area contributed by atoms with Crippen molar-refractivity contribution >= 4 is 0 Å². The van der Waals surface area contributed by atoms with E-state index in [0.717, 1.165) is 18.8 Å². The second kappa shape index (κ2) is 6.80. The molecule has 17 heavy (non-hydrogen) atoms. The highest BCUT2D eigenvalue weighted by Gasteiger charge is 2.09. The second-order valence-corrected chi connectivity index (χ2v) is 5.34. The Labute approximate surface area is 106 Å². The molecule has 0 N–H and O–H groups in total. The molecule has 0 saturated heterocycles. The Bertz CT molecular complexity index is 313. The van der Waals surface area contributed by atoms with Crippen LogP contribution in [0.2, 0.25) is 0 Å². The van der Waals surface area contributed by atoms with E-state index in [9.17, 15) is 0 Å². The van der Waals surface area contributed by atoms with Crippen molar-refractivity contribution in [2.45, 2.75) is 59.7 Å². The minimum Gasteiger partial charge on any atom is -0.371 e. The summed E-state index contributed by atoms with van der Waals surface area (Å²) in [6.45, 7) is 10.9. The smallest absolute Gasteiger partial charge is 0.0800 e. The van der Waals surface area contributed by atoms with E-state index in [1.807, 2.05) is 0 Å². The van der Waals surface area contributed by atoms with Gasteiger partial charge in [0, 0.05) is 0 Å². The van der Waals surface area contributed by atoms with Gasteiger partial charge in [-0.2, -0.15) is 0 Å². The number of benzene rings is 1. The molecule has 0 spiro atoms. The Morgan fingerprint density at radius 1 is 1.00 bits per heavy atom. The van der Waals surface area contributed by atoms with E-state index in [1.54, 1.807) is 0 Å². The van der Waals surface area contributed by atoms with Crippen LogP contribution < -0.4 is 0 Å². The first-order chi connectivity index (χ1) is 8.02. The summed E-state index contributed by atoms with van der Waals surface area (Å²) in [7, 11) is 0. The van der Waals surface area contributed by atoms with Crippen molar-refractivity contribution in [2.75, 3.05) is 0 Å².